The normalized spacial score (nSPS) is 12.4. The fourth-order valence-electron chi connectivity index (χ4n) is 2.21. The average Bonchev–Trinajstić information content (AvgIpc) is 2.90. The molecule has 0 aliphatic heterocycles. The highest BCUT2D eigenvalue weighted by Crippen LogP contribution is 2.29. The molecule has 1 unspecified atom stereocenters. The van der Waals surface area contributed by atoms with Crippen molar-refractivity contribution in [1.29, 1.82) is 0 Å². The molecule has 0 fully saturated rings. The summed E-state index contributed by atoms with van der Waals surface area (Å²) in [4.78, 5) is 1.22. The summed E-state index contributed by atoms with van der Waals surface area (Å²) >= 11 is 5.02. The number of aromatic nitrogens is 2. The van der Waals surface area contributed by atoms with Gasteiger partial charge in [0, 0.05) is 6.04 Å². The second-order valence-corrected chi connectivity index (χ2v) is 6.54. The SMILES string of the molecule is CCCNC(Cc1ccc(OC)c(Br)c1)c1snnc1C. The summed E-state index contributed by atoms with van der Waals surface area (Å²) in [6.45, 7) is 5.18. The number of rotatable bonds is 7. The average molecular weight is 370 g/mol. The zero-order chi connectivity index (χ0) is 15.2. The molecular weight excluding hydrogens is 350 g/mol. The lowest BCUT2D eigenvalue weighted by atomic mass is 10.0. The first-order valence-electron chi connectivity index (χ1n) is 7.00. The van der Waals surface area contributed by atoms with Crippen LogP contribution in [0.4, 0.5) is 0 Å². The van der Waals surface area contributed by atoms with Crippen LogP contribution in [0.15, 0.2) is 22.7 Å². The molecule has 21 heavy (non-hydrogen) atoms. The number of nitrogens with one attached hydrogen (secondary N) is 1. The summed E-state index contributed by atoms with van der Waals surface area (Å²) in [6.07, 6.45) is 2.02. The van der Waals surface area contributed by atoms with Crippen LogP contribution in [0.25, 0.3) is 0 Å². The number of aryl methyl sites for hydroxylation is 1. The number of methoxy groups -OCH3 is 1. The van der Waals surface area contributed by atoms with Gasteiger partial charge < -0.3 is 10.1 Å². The van der Waals surface area contributed by atoms with Gasteiger partial charge in [-0.1, -0.05) is 17.5 Å². The van der Waals surface area contributed by atoms with Crippen LogP contribution in [-0.2, 0) is 6.42 Å². The Morgan fingerprint density at radius 2 is 2.24 bits per heavy atom. The Hall–Kier alpha value is -0.980. The number of hydrogen-bond acceptors (Lipinski definition) is 5. The highest BCUT2D eigenvalue weighted by molar-refractivity contribution is 9.10. The van der Waals surface area contributed by atoms with Crippen LogP contribution < -0.4 is 10.1 Å². The van der Waals surface area contributed by atoms with E-state index < -0.39 is 0 Å². The lowest BCUT2D eigenvalue weighted by Gasteiger charge is -2.18. The standard InChI is InChI=1S/C15H20BrN3OS/c1-4-7-17-13(15-10(2)18-19-21-15)9-11-5-6-14(20-3)12(16)8-11/h5-6,8,13,17H,4,7,9H2,1-3H3. The molecule has 2 rings (SSSR count). The molecule has 0 saturated heterocycles. The summed E-state index contributed by atoms with van der Waals surface area (Å²) in [5, 5.41) is 7.72. The van der Waals surface area contributed by atoms with Gasteiger partial charge in [0.05, 0.1) is 22.2 Å². The molecule has 4 nitrogen and oxygen atoms in total. The second-order valence-electron chi connectivity index (χ2n) is 4.90. The number of hydrogen-bond donors (Lipinski definition) is 1. The van der Waals surface area contributed by atoms with E-state index >= 15 is 0 Å². The van der Waals surface area contributed by atoms with Gasteiger partial charge in [-0.25, -0.2) is 0 Å². The lowest BCUT2D eigenvalue weighted by Crippen LogP contribution is -2.24. The Kier molecular flexibility index (Phi) is 6.14. The van der Waals surface area contributed by atoms with Gasteiger partial charge in [0.1, 0.15) is 5.75 Å². The lowest BCUT2D eigenvalue weighted by molar-refractivity contribution is 0.412. The van der Waals surface area contributed by atoms with Gasteiger partial charge in [0.25, 0.3) is 0 Å². The van der Waals surface area contributed by atoms with E-state index in [9.17, 15) is 0 Å². The van der Waals surface area contributed by atoms with Gasteiger partial charge in [-0.15, -0.1) is 5.10 Å². The van der Waals surface area contributed by atoms with Crippen molar-refractivity contribution in [3.05, 3.63) is 38.8 Å². The molecule has 0 aliphatic carbocycles. The smallest absolute Gasteiger partial charge is 0.133 e. The number of ether oxygens (including phenoxy) is 1. The van der Waals surface area contributed by atoms with Crippen molar-refractivity contribution in [3.8, 4) is 5.75 Å². The molecule has 1 aromatic carbocycles. The van der Waals surface area contributed by atoms with Crippen molar-refractivity contribution in [2.24, 2.45) is 0 Å². The maximum atomic E-state index is 5.28. The van der Waals surface area contributed by atoms with Crippen molar-refractivity contribution in [3.63, 3.8) is 0 Å². The fourth-order valence-corrected chi connectivity index (χ4v) is 3.51. The van der Waals surface area contributed by atoms with Crippen LogP contribution in [-0.4, -0.2) is 23.2 Å². The van der Waals surface area contributed by atoms with Crippen molar-refractivity contribution >= 4 is 27.5 Å². The van der Waals surface area contributed by atoms with Crippen molar-refractivity contribution in [2.45, 2.75) is 32.7 Å². The predicted molar refractivity (Wildman–Crippen MR) is 90.1 cm³/mol. The van der Waals surface area contributed by atoms with Crippen molar-refractivity contribution in [2.75, 3.05) is 13.7 Å². The Labute approximate surface area is 138 Å². The molecule has 0 aliphatic rings. The van der Waals surface area contributed by atoms with Crippen LogP contribution >= 0.6 is 27.5 Å². The van der Waals surface area contributed by atoms with E-state index in [4.69, 9.17) is 4.74 Å². The Morgan fingerprint density at radius 3 is 2.81 bits per heavy atom. The molecule has 114 valence electrons. The summed E-state index contributed by atoms with van der Waals surface area (Å²) in [5.74, 6) is 0.854. The third kappa shape index (κ3) is 4.25. The van der Waals surface area contributed by atoms with Crippen molar-refractivity contribution in [1.82, 2.24) is 14.9 Å². The van der Waals surface area contributed by atoms with Crippen LogP contribution in [0.1, 0.15) is 35.5 Å². The molecule has 0 saturated carbocycles. The van der Waals surface area contributed by atoms with Crippen LogP contribution in [0, 0.1) is 6.92 Å². The molecule has 1 N–H and O–H groups in total. The van der Waals surface area contributed by atoms with Gasteiger partial charge in [-0.3, -0.25) is 0 Å². The number of nitrogens with zero attached hydrogens (tertiary/aromatic N) is 2. The van der Waals surface area contributed by atoms with E-state index in [1.54, 1.807) is 7.11 Å². The molecule has 1 atom stereocenters. The van der Waals surface area contributed by atoms with Crippen LogP contribution in [0.5, 0.6) is 5.75 Å². The highest BCUT2D eigenvalue weighted by atomic mass is 79.9. The number of halogens is 1. The molecule has 0 amide bonds. The van der Waals surface area contributed by atoms with E-state index in [-0.39, 0.29) is 6.04 Å². The fraction of sp³-hybridized carbons (Fsp3) is 0.467. The van der Waals surface area contributed by atoms with Crippen LogP contribution in [0.2, 0.25) is 0 Å². The number of benzene rings is 1. The summed E-state index contributed by atoms with van der Waals surface area (Å²) < 4.78 is 10.3. The predicted octanol–water partition coefficient (Wildman–Crippen LogP) is 3.90. The Balaban J connectivity index is 2.18. The quantitative estimate of drug-likeness (QED) is 0.803. The zero-order valence-corrected chi connectivity index (χ0v) is 14.9. The summed E-state index contributed by atoms with van der Waals surface area (Å²) in [5.41, 5.74) is 2.27. The van der Waals surface area contributed by atoms with E-state index in [0.717, 1.165) is 35.3 Å². The highest BCUT2D eigenvalue weighted by Gasteiger charge is 2.17. The largest absolute Gasteiger partial charge is 0.496 e. The van der Waals surface area contributed by atoms with E-state index in [2.05, 4.69) is 49.9 Å². The maximum Gasteiger partial charge on any atom is 0.133 e. The van der Waals surface area contributed by atoms with E-state index in [1.807, 2.05) is 13.0 Å². The van der Waals surface area contributed by atoms with E-state index in [1.165, 1.54) is 22.0 Å². The summed E-state index contributed by atoms with van der Waals surface area (Å²) in [6, 6.07) is 6.47. The zero-order valence-electron chi connectivity index (χ0n) is 12.5. The second kappa shape index (κ2) is 7.87. The molecule has 0 radical (unpaired) electrons. The molecule has 2 aromatic rings. The first kappa shape index (κ1) is 16.4. The van der Waals surface area contributed by atoms with Gasteiger partial charge in [-0.2, -0.15) is 0 Å². The molecule has 1 aromatic heterocycles. The van der Waals surface area contributed by atoms with Gasteiger partial charge >= 0.3 is 0 Å². The molecule has 0 spiro atoms. The van der Waals surface area contributed by atoms with Gasteiger partial charge in [-0.05, 0) is 71.5 Å². The molecular formula is C15H20BrN3OS. The minimum absolute atomic E-state index is 0.255. The third-order valence-electron chi connectivity index (χ3n) is 3.30. The monoisotopic (exact) mass is 369 g/mol. The first-order chi connectivity index (χ1) is 10.2. The Morgan fingerprint density at radius 1 is 1.43 bits per heavy atom. The molecule has 1 heterocycles. The van der Waals surface area contributed by atoms with Gasteiger partial charge in [0.15, 0.2) is 0 Å². The summed E-state index contributed by atoms with van der Waals surface area (Å²) in [7, 11) is 1.68. The minimum Gasteiger partial charge on any atom is -0.496 e. The molecule has 6 heteroatoms. The minimum atomic E-state index is 0.255. The Bertz CT molecular complexity index is 588. The van der Waals surface area contributed by atoms with E-state index in [0.29, 0.717) is 0 Å². The topological polar surface area (TPSA) is 47.0 Å². The van der Waals surface area contributed by atoms with Crippen molar-refractivity contribution < 1.29 is 4.74 Å². The molecule has 0 bridgehead atoms. The van der Waals surface area contributed by atoms with Gasteiger partial charge in [0.2, 0.25) is 0 Å². The third-order valence-corrected chi connectivity index (χ3v) is 4.86. The maximum absolute atomic E-state index is 5.28. The van der Waals surface area contributed by atoms with Crippen LogP contribution in [0.3, 0.4) is 0 Å². The first-order valence-corrected chi connectivity index (χ1v) is 8.57.